The first-order valence-corrected chi connectivity index (χ1v) is 10.7. The lowest BCUT2D eigenvalue weighted by atomic mass is 9.96. The molecule has 8 N–H and O–H groups in total. The minimum absolute atomic E-state index is 0.616. The maximum atomic E-state index is 10.8. The van der Waals surface area contributed by atoms with Crippen molar-refractivity contribution in [3.05, 3.63) is 0 Å². The van der Waals surface area contributed by atoms with Gasteiger partial charge in [-0.05, 0) is 13.8 Å². The smallest absolute Gasteiger partial charge is 0.187 e. The maximum absolute atomic E-state index is 10.8. The molecule has 3 aliphatic rings. The molecule has 33 heavy (non-hydrogen) atoms. The fraction of sp³-hybridized carbons (Fsp3) is 1.00. The van der Waals surface area contributed by atoms with E-state index < -0.39 is 98.7 Å². The molecular weight excluding hydrogens is 452 g/mol. The van der Waals surface area contributed by atoms with Crippen molar-refractivity contribution in [1.82, 2.24) is 0 Å². The molecule has 0 unspecified atom stereocenters. The first-order valence-electron chi connectivity index (χ1n) is 10.7. The Morgan fingerprint density at radius 2 is 1.09 bits per heavy atom. The van der Waals surface area contributed by atoms with Gasteiger partial charge in [-0.15, -0.1) is 0 Å². The van der Waals surface area contributed by atoms with E-state index in [0.717, 1.165) is 0 Å². The van der Waals surface area contributed by atoms with E-state index >= 15 is 0 Å². The second kappa shape index (κ2) is 11.0. The largest absolute Gasteiger partial charge is 0.394 e. The van der Waals surface area contributed by atoms with E-state index in [-0.39, 0.29) is 0 Å². The summed E-state index contributed by atoms with van der Waals surface area (Å²) in [5.41, 5.74) is 0. The van der Waals surface area contributed by atoms with Crippen LogP contribution in [-0.4, -0.2) is 147 Å². The summed E-state index contributed by atoms with van der Waals surface area (Å²) in [7, 11) is 1.24. The van der Waals surface area contributed by atoms with Crippen LogP contribution in [0.1, 0.15) is 13.8 Å². The first kappa shape index (κ1) is 27.0. The summed E-state index contributed by atoms with van der Waals surface area (Å²) >= 11 is 0. The third-order valence-electron chi connectivity index (χ3n) is 6.23. The average Bonchev–Trinajstić information content (AvgIpc) is 2.79. The Bertz CT molecular complexity index is 623. The van der Waals surface area contributed by atoms with E-state index in [4.69, 9.17) is 28.4 Å². The summed E-state index contributed by atoms with van der Waals surface area (Å²) in [6, 6.07) is 0. The van der Waals surface area contributed by atoms with Crippen LogP contribution in [0.5, 0.6) is 0 Å². The lowest BCUT2D eigenvalue weighted by molar-refractivity contribution is -0.375. The Labute approximate surface area is 189 Å². The van der Waals surface area contributed by atoms with Crippen molar-refractivity contribution in [2.75, 3.05) is 13.7 Å². The molecule has 0 aliphatic carbocycles. The standard InChI is InChI=1S/C19H34O14/c1-5-8(21)10(23)12(25)18(29-5)33-16-9(22)6(2)30-19(14(16)27)32-15-7(4-20)31-17(28-3)13(26)11(15)24/h5-27H,4H2,1-3H3/t5-,6-,7+,8-,9-,10+,11+,12+,13+,14+,15+,16+,17-,18-,19+/m0/s1. The molecule has 194 valence electrons. The van der Waals surface area contributed by atoms with Crippen molar-refractivity contribution in [2.24, 2.45) is 0 Å². The molecule has 0 spiro atoms. The Balaban J connectivity index is 1.74. The molecule has 14 nitrogen and oxygen atoms in total. The van der Waals surface area contributed by atoms with Crippen LogP contribution in [-0.2, 0) is 28.4 Å². The number of hydrogen-bond acceptors (Lipinski definition) is 14. The summed E-state index contributed by atoms with van der Waals surface area (Å²) in [5.74, 6) is 0. The van der Waals surface area contributed by atoms with Crippen LogP contribution in [0.3, 0.4) is 0 Å². The summed E-state index contributed by atoms with van der Waals surface area (Å²) in [5, 5.41) is 81.6. The average molecular weight is 486 g/mol. The van der Waals surface area contributed by atoms with Gasteiger partial charge in [-0.3, -0.25) is 0 Å². The van der Waals surface area contributed by atoms with Gasteiger partial charge in [0.15, 0.2) is 18.9 Å². The molecule has 0 bridgehead atoms. The third-order valence-corrected chi connectivity index (χ3v) is 6.23. The second-order valence-corrected chi connectivity index (χ2v) is 8.52. The number of methoxy groups -OCH3 is 1. The zero-order valence-electron chi connectivity index (χ0n) is 18.4. The highest BCUT2D eigenvalue weighted by Gasteiger charge is 2.52. The lowest BCUT2D eigenvalue weighted by Crippen LogP contribution is -2.65. The molecule has 0 saturated carbocycles. The number of aliphatic hydroxyl groups is 8. The van der Waals surface area contributed by atoms with Crippen molar-refractivity contribution >= 4 is 0 Å². The molecular formula is C19H34O14. The van der Waals surface area contributed by atoms with Gasteiger partial charge < -0.3 is 69.3 Å². The third kappa shape index (κ3) is 5.34. The minimum Gasteiger partial charge on any atom is -0.394 e. The molecule has 0 aromatic heterocycles. The van der Waals surface area contributed by atoms with E-state index in [9.17, 15) is 40.9 Å². The normalized spacial score (nSPS) is 53.7. The van der Waals surface area contributed by atoms with Gasteiger partial charge in [-0.1, -0.05) is 0 Å². The second-order valence-electron chi connectivity index (χ2n) is 8.52. The van der Waals surface area contributed by atoms with Crippen molar-refractivity contribution in [1.29, 1.82) is 0 Å². The van der Waals surface area contributed by atoms with Gasteiger partial charge in [0.2, 0.25) is 0 Å². The SMILES string of the molecule is CO[C@H]1O[C@H](CO)[C@@H](O[C@H]2O[C@@H](C)[C@H](O)[C@@H](O[C@@H]3O[C@@H](C)[C@H](O)[C@@H](O)[C@H]3O)[C@H]2O)[C@H](O)[C@H]1O. The molecule has 14 heteroatoms. The Kier molecular flexibility index (Phi) is 9.02. The van der Waals surface area contributed by atoms with E-state index in [2.05, 4.69) is 0 Å². The molecule has 3 saturated heterocycles. The number of rotatable bonds is 6. The Hall–Kier alpha value is -0.560. The topological polar surface area (TPSA) is 217 Å². The minimum atomic E-state index is -1.70. The van der Waals surface area contributed by atoms with Crippen LogP contribution in [0, 0.1) is 0 Å². The van der Waals surface area contributed by atoms with Gasteiger partial charge in [-0.2, -0.15) is 0 Å². The highest BCUT2D eigenvalue weighted by atomic mass is 16.8. The van der Waals surface area contributed by atoms with Crippen molar-refractivity contribution in [3.63, 3.8) is 0 Å². The van der Waals surface area contributed by atoms with E-state index in [0.29, 0.717) is 0 Å². The molecule has 3 rings (SSSR count). The van der Waals surface area contributed by atoms with Gasteiger partial charge in [0.05, 0.1) is 18.8 Å². The van der Waals surface area contributed by atoms with Crippen molar-refractivity contribution in [3.8, 4) is 0 Å². The fourth-order valence-electron chi connectivity index (χ4n) is 4.12. The molecule has 0 amide bonds. The number of hydrogen-bond donors (Lipinski definition) is 8. The zero-order valence-corrected chi connectivity index (χ0v) is 18.4. The first-order chi connectivity index (χ1) is 15.5. The molecule has 3 aliphatic heterocycles. The summed E-state index contributed by atoms with van der Waals surface area (Å²) in [6.45, 7) is 2.28. The van der Waals surface area contributed by atoms with Gasteiger partial charge in [0.25, 0.3) is 0 Å². The summed E-state index contributed by atoms with van der Waals surface area (Å²) < 4.78 is 32.4. The maximum Gasteiger partial charge on any atom is 0.187 e. The Morgan fingerprint density at radius 3 is 1.67 bits per heavy atom. The summed E-state index contributed by atoms with van der Waals surface area (Å²) in [6.07, 6.45) is -20.9. The monoisotopic (exact) mass is 486 g/mol. The van der Waals surface area contributed by atoms with Crippen molar-refractivity contribution in [2.45, 2.75) is 106 Å². The van der Waals surface area contributed by atoms with Crippen LogP contribution in [0.4, 0.5) is 0 Å². The van der Waals surface area contributed by atoms with Crippen LogP contribution in [0.15, 0.2) is 0 Å². The van der Waals surface area contributed by atoms with E-state index in [1.165, 1.54) is 21.0 Å². The quantitative estimate of drug-likeness (QED) is 0.177. The van der Waals surface area contributed by atoms with Gasteiger partial charge in [-0.25, -0.2) is 0 Å². The van der Waals surface area contributed by atoms with E-state index in [1.54, 1.807) is 0 Å². The number of aliphatic hydroxyl groups excluding tert-OH is 8. The van der Waals surface area contributed by atoms with Crippen LogP contribution >= 0.6 is 0 Å². The predicted octanol–water partition coefficient (Wildman–Crippen LogP) is -4.86. The van der Waals surface area contributed by atoms with Gasteiger partial charge in [0.1, 0.15) is 61.0 Å². The molecule has 0 aromatic rings. The molecule has 3 heterocycles. The molecule has 15 atom stereocenters. The predicted molar refractivity (Wildman–Crippen MR) is 103 cm³/mol. The highest BCUT2D eigenvalue weighted by molar-refractivity contribution is 4.95. The molecule has 0 radical (unpaired) electrons. The van der Waals surface area contributed by atoms with Crippen LogP contribution in [0.2, 0.25) is 0 Å². The zero-order chi connectivity index (χ0) is 24.6. The Morgan fingerprint density at radius 1 is 0.576 bits per heavy atom. The van der Waals surface area contributed by atoms with Gasteiger partial charge >= 0.3 is 0 Å². The van der Waals surface area contributed by atoms with Crippen molar-refractivity contribution < 1.29 is 69.3 Å². The summed E-state index contributed by atoms with van der Waals surface area (Å²) in [4.78, 5) is 0. The molecule has 3 fully saturated rings. The van der Waals surface area contributed by atoms with Crippen LogP contribution < -0.4 is 0 Å². The fourth-order valence-corrected chi connectivity index (χ4v) is 4.12. The van der Waals surface area contributed by atoms with E-state index in [1.807, 2.05) is 0 Å². The molecule has 0 aromatic carbocycles. The van der Waals surface area contributed by atoms with Gasteiger partial charge in [0, 0.05) is 7.11 Å². The highest BCUT2D eigenvalue weighted by Crippen LogP contribution is 2.32. The lowest BCUT2D eigenvalue weighted by Gasteiger charge is -2.47. The van der Waals surface area contributed by atoms with Crippen LogP contribution in [0.25, 0.3) is 0 Å². The number of ether oxygens (including phenoxy) is 6.